The second-order valence-corrected chi connectivity index (χ2v) is 0. The summed E-state index contributed by atoms with van der Waals surface area (Å²) in [6.45, 7) is 0. The Kier molecular flexibility index (Phi) is 111. The van der Waals surface area contributed by atoms with Crippen molar-refractivity contribution >= 4 is 0 Å². The maximum atomic E-state index is 0. The van der Waals surface area contributed by atoms with E-state index >= 15 is 0 Å². The summed E-state index contributed by atoms with van der Waals surface area (Å²) in [5.41, 5.74) is 0. The van der Waals surface area contributed by atoms with Gasteiger partial charge in [0.25, 0.3) is 0 Å². The molecule has 0 N–H and O–H groups in total. The van der Waals surface area contributed by atoms with Gasteiger partial charge in [-0.3, -0.25) is 0 Å². The Morgan fingerprint density at radius 3 is 1.00 bits per heavy atom. The van der Waals surface area contributed by atoms with Crippen LogP contribution in [0.1, 0.15) is 0 Å². The Morgan fingerprint density at radius 1 is 1.00 bits per heavy atom. The van der Waals surface area contributed by atoms with Crippen molar-refractivity contribution in [1.82, 2.24) is 0 Å². The molecule has 26 valence electrons. The Hall–Kier alpha value is 3.18. The predicted molar refractivity (Wildman–Crippen MR) is 0 cm³/mol. The smallest absolute Gasteiger partial charge is 1.00 e. The predicted octanol–water partition coefficient (Wildman–Crippen LogP) is -8.99. The van der Waals surface area contributed by atoms with Crippen LogP contribution < -0.4 is 87.8 Å². The zero-order valence-corrected chi connectivity index (χ0v) is 9.04. The Labute approximate surface area is 102 Å². The van der Waals surface area contributed by atoms with Crippen LogP contribution in [-0.2, 0) is 17.1 Å². The minimum absolute atomic E-state index is 0. The zero-order valence-electron chi connectivity index (χ0n) is 2.06. The minimum Gasteiger partial charge on any atom is -1.00 e. The van der Waals surface area contributed by atoms with E-state index in [0.717, 1.165) is 0 Å². The molecule has 0 fully saturated rings. The summed E-state index contributed by atoms with van der Waals surface area (Å²) in [6, 6.07) is 0. The van der Waals surface area contributed by atoms with Crippen molar-refractivity contribution in [3.63, 3.8) is 0 Å². The van der Waals surface area contributed by atoms with Crippen LogP contribution in [0.2, 0.25) is 0 Å². The van der Waals surface area contributed by atoms with Gasteiger partial charge < -0.3 is 36.4 Å². The topological polar surface area (TPSA) is 0 Å². The van der Waals surface area contributed by atoms with Gasteiger partial charge in [-0.25, -0.2) is 0 Å². The third kappa shape index (κ3) is 8.95. The van der Waals surface area contributed by atoms with Gasteiger partial charge in [0.2, 0.25) is 0 Å². The monoisotopic (exact) mass is 264 g/mol. The maximum absolute atomic E-state index is 0. The van der Waals surface area contributed by atoms with Crippen LogP contribution in [-0.4, -0.2) is 0 Å². The standard InChI is InChI=1S/ClH.Cu.HI.K/h1H;;1H;/q;+1;;+1/p-2. The van der Waals surface area contributed by atoms with Crippen molar-refractivity contribution < 1.29 is 105 Å². The van der Waals surface area contributed by atoms with Crippen LogP contribution in [0.5, 0.6) is 0 Å². The first kappa shape index (κ1) is 27.1. The Bertz CT molecular complexity index is 8.00. The van der Waals surface area contributed by atoms with Gasteiger partial charge in [0.1, 0.15) is 0 Å². The fourth-order valence-electron chi connectivity index (χ4n) is 0. The molecular weight excluding hydrogens is 265 g/mol. The van der Waals surface area contributed by atoms with Gasteiger partial charge in [-0.05, 0) is 0 Å². The van der Waals surface area contributed by atoms with Crippen LogP contribution in [0, 0.1) is 0 Å². The van der Waals surface area contributed by atoms with Gasteiger partial charge in [-0.1, -0.05) is 0 Å². The van der Waals surface area contributed by atoms with Crippen molar-refractivity contribution in [3.8, 4) is 0 Å². The first-order valence-electron chi connectivity index (χ1n) is 0. The van der Waals surface area contributed by atoms with Gasteiger partial charge in [-0.15, -0.1) is 0 Å². The molecule has 0 saturated carbocycles. The van der Waals surface area contributed by atoms with Gasteiger partial charge in [0.05, 0.1) is 0 Å². The quantitative estimate of drug-likeness (QED) is 0.301. The van der Waals surface area contributed by atoms with Gasteiger partial charge in [0, 0.05) is 0 Å². The van der Waals surface area contributed by atoms with Crippen LogP contribution in [0.25, 0.3) is 0 Å². The maximum Gasteiger partial charge on any atom is 1.00 e. The second-order valence-electron chi connectivity index (χ2n) is 0. The first-order chi connectivity index (χ1) is 0. The fourth-order valence-corrected chi connectivity index (χ4v) is 0. The average molecular weight is 265 g/mol. The largest absolute Gasteiger partial charge is 1.00 e. The van der Waals surface area contributed by atoms with Crippen molar-refractivity contribution in [1.29, 1.82) is 0 Å². The molecule has 0 rings (SSSR count). The van der Waals surface area contributed by atoms with Gasteiger partial charge >= 0.3 is 68.5 Å². The van der Waals surface area contributed by atoms with Crippen molar-refractivity contribution in [2.75, 3.05) is 0 Å². The molecule has 0 nitrogen and oxygen atoms in total. The molecule has 0 unspecified atom stereocenters. The van der Waals surface area contributed by atoms with Crippen molar-refractivity contribution in [2.45, 2.75) is 0 Å². The molecule has 0 radical (unpaired) electrons. The Morgan fingerprint density at radius 2 is 1.00 bits per heavy atom. The summed E-state index contributed by atoms with van der Waals surface area (Å²) in [4.78, 5) is 0. The molecule has 0 aliphatic carbocycles. The minimum atomic E-state index is 0. The van der Waals surface area contributed by atoms with Crippen LogP contribution in [0.15, 0.2) is 0 Å². The molecule has 0 bridgehead atoms. The second kappa shape index (κ2) is 16.4. The van der Waals surface area contributed by atoms with Gasteiger partial charge in [0.15, 0.2) is 0 Å². The molecule has 0 aliphatic rings. The molecule has 0 amide bonds. The Balaban J connectivity index is 0. The van der Waals surface area contributed by atoms with E-state index < -0.39 is 0 Å². The number of hydrogen-bond donors (Lipinski definition) is 0. The molecule has 4 heteroatoms. The SMILES string of the molecule is [Cl-].[Cu+].[I-].[K+]. The van der Waals surface area contributed by atoms with Crippen LogP contribution in [0.3, 0.4) is 0 Å². The van der Waals surface area contributed by atoms with E-state index in [2.05, 4.69) is 0 Å². The van der Waals surface area contributed by atoms with Crippen molar-refractivity contribution in [3.05, 3.63) is 0 Å². The number of rotatable bonds is 0. The van der Waals surface area contributed by atoms with Gasteiger partial charge in [-0.2, -0.15) is 0 Å². The van der Waals surface area contributed by atoms with Crippen LogP contribution >= 0.6 is 0 Å². The summed E-state index contributed by atoms with van der Waals surface area (Å²) in [5, 5.41) is 0. The molecule has 0 aromatic heterocycles. The number of halogens is 2. The molecule has 0 aromatic carbocycles. The molecule has 0 spiro atoms. The molecule has 0 saturated heterocycles. The van der Waals surface area contributed by atoms with E-state index in [4.69, 9.17) is 0 Å². The van der Waals surface area contributed by atoms with Crippen molar-refractivity contribution in [2.24, 2.45) is 0 Å². The number of hydrogen-bond acceptors (Lipinski definition) is 0. The van der Waals surface area contributed by atoms with E-state index in [-0.39, 0.29) is 105 Å². The normalized spacial score (nSPS) is 0. The first-order valence-corrected chi connectivity index (χ1v) is 0. The summed E-state index contributed by atoms with van der Waals surface area (Å²) in [7, 11) is 0. The van der Waals surface area contributed by atoms with E-state index in [1.165, 1.54) is 0 Å². The van der Waals surface area contributed by atoms with E-state index in [1.807, 2.05) is 0 Å². The fraction of sp³-hybridized carbons (Fsp3) is 0. The summed E-state index contributed by atoms with van der Waals surface area (Å²) in [5.74, 6) is 0. The molecular formula is ClCuIK. The summed E-state index contributed by atoms with van der Waals surface area (Å²) >= 11 is 0. The van der Waals surface area contributed by atoms with E-state index in [0.29, 0.717) is 0 Å². The molecule has 0 aliphatic heterocycles. The molecule has 0 heterocycles. The zero-order chi connectivity index (χ0) is 0. The third-order valence-corrected chi connectivity index (χ3v) is 0. The molecule has 0 atom stereocenters. The van der Waals surface area contributed by atoms with Crippen LogP contribution in [0.4, 0.5) is 0 Å². The van der Waals surface area contributed by atoms with E-state index in [1.54, 1.807) is 0 Å². The summed E-state index contributed by atoms with van der Waals surface area (Å²) in [6.07, 6.45) is 0. The van der Waals surface area contributed by atoms with E-state index in [9.17, 15) is 0 Å². The summed E-state index contributed by atoms with van der Waals surface area (Å²) < 4.78 is 0. The third-order valence-electron chi connectivity index (χ3n) is 0. The molecule has 0 aromatic rings. The molecule has 4 heavy (non-hydrogen) atoms. The average Bonchev–Trinajstić information content (AvgIpc) is 0.